The van der Waals surface area contributed by atoms with E-state index in [0.29, 0.717) is 31.8 Å². The van der Waals surface area contributed by atoms with Gasteiger partial charge in [0.2, 0.25) is 11.8 Å². The predicted octanol–water partition coefficient (Wildman–Crippen LogP) is 0.490. The summed E-state index contributed by atoms with van der Waals surface area (Å²) in [5, 5.41) is 3.33. The zero-order valence-corrected chi connectivity index (χ0v) is 11.8. The van der Waals surface area contributed by atoms with E-state index in [1.807, 2.05) is 11.8 Å². The van der Waals surface area contributed by atoms with Crippen LogP contribution in [0.15, 0.2) is 0 Å². The van der Waals surface area contributed by atoms with E-state index < -0.39 is 5.41 Å². The highest BCUT2D eigenvalue weighted by atomic mass is 16.2. The molecule has 0 radical (unpaired) electrons. The van der Waals surface area contributed by atoms with Gasteiger partial charge in [0, 0.05) is 19.5 Å². The molecule has 19 heavy (non-hydrogen) atoms. The van der Waals surface area contributed by atoms with Crippen molar-refractivity contribution in [3.05, 3.63) is 0 Å². The number of amides is 2. The first-order valence-electron chi connectivity index (χ1n) is 7.30. The van der Waals surface area contributed by atoms with Gasteiger partial charge in [0.05, 0.1) is 5.41 Å². The lowest BCUT2D eigenvalue weighted by Crippen LogP contribution is -2.38. The Morgan fingerprint density at radius 2 is 2.05 bits per heavy atom. The first-order valence-corrected chi connectivity index (χ1v) is 7.30. The third kappa shape index (κ3) is 3.47. The SMILES string of the molecule is CC1(C(N)=O)CCN(C(=O)CCC2CCNCC2)C1. The van der Waals surface area contributed by atoms with Crippen molar-refractivity contribution in [2.45, 2.75) is 39.0 Å². The quantitative estimate of drug-likeness (QED) is 0.778. The molecule has 0 aromatic heterocycles. The Bertz CT molecular complexity index is 353. The summed E-state index contributed by atoms with van der Waals surface area (Å²) in [6, 6.07) is 0. The highest BCUT2D eigenvalue weighted by Gasteiger charge is 2.40. The van der Waals surface area contributed by atoms with Crippen LogP contribution in [0.5, 0.6) is 0 Å². The van der Waals surface area contributed by atoms with Gasteiger partial charge in [0.15, 0.2) is 0 Å². The molecule has 1 unspecified atom stereocenters. The van der Waals surface area contributed by atoms with E-state index in [-0.39, 0.29) is 11.8 Å². The van der Waals surface area contributed by atoms with Crippen LogP contribution >= 0.6 is 0 Å². The Hall–Kier alpha value is -1.10. The second-order valence-corrected chi connectivity index (χ2v) is 6.22. The van der Waals surface area contributed by atoms with Gasteiger partial charge in [-0.3, -0.25) is 9.59 Å². The molecule has 5 heteroatoms. The number of nitrogens with two attached hydrogens (primary N) is 1. The van der Waals surface area contributed by atoms with Gasteiger partial charge in [0.1, 0.15) is 0 Å². The number of carbonyl (C=O) groups is 2. The van der Waals surface area contributed by atoms with E-state index in [2.05, 4.69) is 5.32 Å². The van der Waals surface area contributed by atoms with E-state index in [9.17, 15) is 9.59 Å². The summed E-state index contributed by atoms with van der Waals surface area (Å²) >= 11 is 0. The van der Waals surface area contributed by atoms with Crippen LogP contribution in [0.2, 0.25) is 0 Å². The van der Waals surface area contributed by atoms with E-state index in [1.165, 1.54) is 12.8 Å². The topological polar surface area (TPSA) is 75.4 Å². The molecule has 2 rings (SSSR count). The molecule has 0 aliphatic carbocycles. The van der Waals surface area contributed by atoms with Crippen molar-refractivity contribution < 1.29 is 9.59 Å². The average molecular weight is 267 g/mol. The molecule has 0 saturated carbocycles. The maximum absolute atomic E-state index is 12.2. The van der Waals surface area contributed by atoms with Crippen LogP contribution in [0.1, 0.15) is 39.0 Å². The van der Waals surface area contributed by atoms with Crippen molar-refractivity contribution in [1.29, 1.82) is 0 Å². The molecule has 3 N–H and O–H groups in total. The largest absolute Gasteiger partial charge is 0.369 e. The Kier molecular flexibility index (Phi) is 4.45. The first kappa shape index (κ1) is 14.3. The molecule has 5 nitrogen and oxygen atoms in total. The molecule has 108 valence electrons. The number of primary amides is 1. The van der Waals surface area contributed by atoms with E-state index in [1.54, 1.807) is 0 Å². The minimum Gasteiger partial charge on any atom is -0.369 e. The number of carbonyl (C=O) groups excluding carboxylic acids is 2. The standard InChI is InChI=1S/C14H25N3O2/c1-14(13(15)19)6-9-17(10-14)12(18)3-2-11-4-7-16-8-5-11/h11,16H,2-10H2,1H3,(H2,15,19). The molecule has 2 saturated heterocycles. The smallest absolute Gasteiger partial charge is 0.225 e. The maximum Gasteiger partial charge on any atom is 0.225 e. The number of hydrogen-bond acceptors (Lipinski definition) is 3. The number of piperidine rings is 1. The molecule has 2 aliphatic rings. The maximum atomic E-state index is 12.2. The van der Waals surface area contributed by atoms with Crippen molar-refractivity contribution in [2.24, 2.45) is 17.1 Å². The fourth-order valence-electron chi connectivity index (χ4n) is 3.03. The van der Waals surface area contributed by atoms with E-state index in [0.717, 1.165) is 19.5 Å². The van der Waals surface area contributed by atoms with Crippen molar-refractivity contribution in [3.8, 4) is 0 Å². The Balaban J connectivity index is 1.76. The molecule has 0 aromatic carbocycles. The van der Waals surface area contributed by atoms with Crippen LogP contribution < -0.4 is 11.1 Å². The lowest BCUT2D eigenvalue weighted by Gasteiger charge is -2.24. The van der Waals surface area contributed by atoms with Gasteiger partial charge >= 0.3 is 0 Å². The number of nitrogens with zero attached hydrogens (tertiary/aromatic N) is 1. The van der Waals surface area contributed by atoms with E-state index >= 15 is 0 Å². The molecular formula is C14H25N3O2. The summed E-state index contributed by atoms with van der Waals surface area (Å²) < 4.78 is 0. The van der Waals surface area contributed by atoms with Crippen molar-refractivity contribution in [1.82, 2.24) is 10.2 Å². The van der Waals surface area contributed by atoms with Crippen LogP contribution in [0.3, 0.4) is 0 Å². The minimum atomic E-state index is -0.523. The third-order valence-electron chi connectivity index (χ3n) is 4.65. The van der Waals surface area contributed by atoms with Crippen LogP contribution in [-0.4, -0.2) is 42.9 Å². The number of likely N-dealkylation sites (tertiary alicyclic amines) is 1. The summed E-state index contributed by atoms with van der Waals surface area (Å²) in [4.78, 5) is 25.3. The number of rotatable bonds is 4. The first-order chi connectivity index (χ1) is 9.01. The van der Waals surface area contributed by atoms with Crippen LogP contribution in [0.4, 0.5) is 0 Å². The summed E-state index contributed by atoms with van der Waals surface area (Å²) in [5.74, 6) is 0.569. The van der Waals surface area contributed by atoms with Crippen LogP contribution in [0.25, 0.3) is 0 Å². The number of nitrogens with one attached hydrogen (secondary N) is 1. The molecule has 0 aromatic rings. The lowest BCUT2D eigenvalue weighted by atomic mass is 9.89. The molecule has 0 bridgehead atoms. The van der Waals surface area contributed by atoms with Crippen LogP contribution in [-0.2, 0) is 9.59 Å². The molecule has 2 heterocycles. The normalized spacial score (nSPS) is 28.6. The lowest BCUT2D eigenvalue weighted by molar-refractivity contribution is -0.132. The predicted molar refractivity (Wildman–Crippen MR) is 73.3 cm³/mol. The zero-order valence-electron chi connectivity index (χ0n) is 11.8. The second kappa shape index (κ2) is 5.90. The molecule has 2 aliphatic heterocycles. The Morgan fingerprint density at radius 3 is 2.63 bits per heavy atom. The summed E-state index contributed by atoms with van der Waals surface area (Å²) in [6.45, 7) is 5.16. The van der Waals surface area contributed by atoms with Gasteiger partial charge in [-0.05, 0) is 51.6 Å². The Labute approximate surface area is 114 Å². The number of hydrogen-bond donors (Lipinski definition) is 2. The van der Waals surface area contributed by atoms with E-state index in [4.69, 9.17) is 5.73 Å². The molecule has 2 amide bonds. The average Bonchev–Trinajstić information content (AvgIpc) is 2.81. The summed E-state index contributed by atoms with van der Waals surface area (Å²) in [6.07, 6.45) is 4.63. The van der Waals surface area contributed by atoms with Crippen molar-refractivity contribution >= 4 is 11.8 Å². The van der Waals surface area contributed by atoms with Gasteiger partial charge in [-0.15, -0.1) is 0 Å². The zero-order chi connectivity index (χ0) is 13.9. The summed E-state index contributed by atoms with van der Waals surface area (Å²) in [7, 11) is 0. The van der Waals surface area contributed by atoms with Crippen molar-refractivity contribution in [3.63, 3.8) is 0 Å². The monoisotopic (exact) mass is 267 g/mol. The van der Waals surface area contributed by atoms with Gasteiger partial charge in [0.25, 0.3) is 0 Å². The van der Waals surface area contributed by atoms with Gasteiger partial charge < -0.3 is 16.0 Å². The minimum absolute atomic E-state index is 0.184. The summed E-state index contributed by atoms with van der Waals surface area (Å²) in [5.41, 5.74) is 4.88. The van der Waals surface area contributed by atoms with Gasteiger partial charge in [-0.25, -0.2) is 0 Å². The highest BCUT2D eigenvalue weighted by molar-refractivity contribution is 5.83. The molecule has 0 spiro atoms. The van der Waals surface area contributed by atoms with Crippen molar-refractivity contribution in [2.75, 3.05) is 26.2 Å². The fourth-order valence-corrected chi connectivity index (χ4v) is 3.03. The second-order valence-electron chi connectivity index (χ2n) is 6.22. The molecular weight excluding hydrogens is 242 g/mol. The Morgan fingerprint density at radius 1 is 1.37 bits per heavy atom. The highest BCUT2D eigenvalue weighted by Crippen LogP contribution is 2.30. The van der Waals surface area contributed by atoms with Gasteiger partial charge in [-0.2, -0.15) is 0 Å². The third-order valence-corrected chi connectivity index (χ3v) is 4.65. The van der Waals surface area contributed by atoms with Gasteiger partial charge in [-0.1, -0.05) is 0 Å². The molecule has 2 fully saturated rings. The molecule has 1 atom stereocenters. The fraction of sp³-hybridized carbons (Fsp3) is 0.857. The van der Waals surface area contributed by atoms with Crippen LogP contribution in [0, 0.1) is 11.3 Å².